The van der Waals surface area contributed by atoms with Crippen molar-refractivity contribution < 1.29 is 4.74 Å². The van der Waals surface area contributed by atoms with E-state index in [-0.39, 0.29) is 5.60 Å². The summed E-state index contributed by atoms with van der Waals surface area (Å²) in [7, 11) is 3.86. The molecule has 0 bridgehead atoms. The van der Waals surface area contributed by atoms with Crippen LogP contribution in [0.4, 0.5) is 0 Å². The van der Waals surface area contributed by atoms with Crippen molar-refractivity contribution in [3.05, 3.63) is 0 Å². The highest BCUT2D eigenvalue weighted by atomic mass is 16.5. The van der Waals surface area contributed by atoms with E-state index in [1.807, 2.05) is 14.2 Å². The van der Waals surface area contributed by atoms with Crippen LogP contribution in [-0.4, -0.2) is 50.8 Å². The highest BCUT2D eigenvalue weighted by Gasteiger charge is 2.32. The number of nitrogens with one attached hydrogen (secondary N) is 1. The normalized spacial score (nSPS) is 28.3. The lowest BCUT2D eigenvalue weighted by Gasteiger charge is -2.42. The molecule has 0 aliphatic carbocycles. The largest absolute Gasteiger partial charge is 0.377 e. The second kappa shape index (κ2) is 5.48. The Morgan fingerprint density at radius 2 is 2.12 bits per heavy atom. The standard InChI is InChI=1S/C13H28N2O/c1-12(2,9-14-4)10-15-8-6-7-13(3,11-15)16-5/h14H,6-11H2,1-5H3. The maximum atomic E-state index is 5.63. The Hall–Kier alpha value is -0.120. The monoisotopic (exact) mass is 228 g/mol. The van der Waals surface area contributed by atoms with E-state index >= 15 is 0 Å². The third kappa shape index (κ3) is 4.04. The summed E-state index contributed by atoms with van der Waals surface area (Å²) in [5, 5.41) is 3.27. The molecule has 0 amide bonds. The summed E-state index contributed by atoms with van der Waals surface area (Å²) in [4.78, 5) is 2.55. The topological polar surface area (TPSA) is 24.5 Å². The molecular formula is C13H28N2O. The van der Waals surface area contributed by atoms with E-state index in [2.05, 4.69) is 31.0 Å². The molecule has 3 nitrogen and oxygen atoms in total. The van der Waals surface area contributed by atoms with Gasteiger partial charge in [-0.3, -0.25) is 4.90 Å². The van der Waals surface area contributed by atoms with Crippen LogP contribution in [0.3, 0.4) is 0 Å². The van der Waals surface area contributed by atoms with E-state index in [0.717, 1.165) is 19.6 Å². The zero-order valence-electron chi connectivity index (χ0n) is 11.6. The summed E-state index contributed by atoms with van der Waals surface area (Å²) >= 11 is 0. The van der Waals surface area contributed by atoms with Gasteiger partial charge < -0.3 is 10.1 Å². The van der Waals surface area contributed by atoms with Crippen LogP contribution in [0, 0.1) is 5.41 Å². The Labute approximate surface area is 101 Å². The molecule has 1 aliphatic rings. The molecule has 0 spiro atoms. The van der Waals surface area contributed by atoms with E-state index in [9.17, 15) is 0 Å². The first-order valence-electron chi connectivity index (χ1n) is 6.33. The van der Waals surface area contributed by atoms with E-state index < -0.39 is 0 Å². The van der Waals surface area contributed by atoms with E-state index in [0.29, 0.717) is 5.41 Å². The molecule has 3 heteroatoms. The van der Waals surface area contributed by atoms with E-state index in [4.69, 9.17) is 4.74 Å². The molecule has 1 saturated heterocycles. The van der Waals surface area contributed by atoms with Crippen LogP contribution in [0.5, 0.6) is 0 Å². The van der Waals surface area contributed by atoms with Gasteiger partial charge in [0.2, 0.25) is 0 Å². The van der Waals surface area contributed by atoms with Crippen molar-refractivity contribution >= 4 is 0 Å². The zero-order chi connectivity index (χ0) is 12.2. The molecule has 0 aromatic rings. The number of piperidine rings is 1. The number of ether oxygens (including phenoxy) is 1. The molecule has 0 aromatic heterocycles. The average molecular weight is 228 g/mol. The fourth-order valence-electron chi connectivity index (χ4n) is 2.75. The number of hydrogen-bond acceptors (Lipinski definition) is 3. The smallest absolute Gasteiger partial charge is 0.0777 e. The maximum absolute atomic E-state index is 5.63. The summed E-state index contributed by atoms with van der Waals surface area (Å²) < 4.78 is 5.63. The number of methoxy groups -OCH3 is 1. The van der Waals surface area contributed by atoms with Crippen LogP contribution < -0.4 is 5.32 Å². The molecule has 1 N–H and O–H groups in total. The lowest BCUT2D eigenvalue weighted by atomic mass is 9.89. The third-order valence-corrected chi connectivity index (χ3v) is 3.54. The minimum atomic E-state index is 0.0635. The Morgan fingerprint density at radius 1 is 1.44 bits per heavy atom. The third-order valence-electron chi connectivity index (χ3n) is 3.54. The number of hydrogen-bond donors (Lipinski definition) is 1. The van der Waals surface area contributed by atoms with E-state index in [1.165, 1.54) is 19.4 Å². The van der Waals surface area contributed by atoms with Crippen molar-refractivity contribution in [2.24, 2.45) is 5.41 Å². The fourth-order valence-corrected chi connectivity index (χ4v) is 2.75. The minimum Gasteiger partial charge on any atom is -0.377 e. The van der Waals surface area contributed by atoms with Gasteiger partial charge in [0, 0.05) is 26.7 Å². The lowest BCUT2D eigenvalue weighted by Crippen LogP contribution is -2.51. The van der Waals surface area contributed by atoms with Crippen LogP contribution >= 0.6 is 0 Å². The van der Waals surface area contributed by atoms with Gasteiger partial charge in [0.25, 0.3) is 0 Å². The van der Waals surface area contributed by atoms with Gasteiger partial charge in [0.15, 0.2) is 0 Å². The fraction of sp³-hybridized carbons (Fsp3) is 1.00. The van der Waals surface area contributed by atoms with Crippen molar-refractivity contribution in [1.82, 2.24) is 10.2 Å². The molecule has 1 rings (SSSR count). The Bertz CT molecular complexity index is 218. The first-order chi connectivity index (χ1) is 7.41. The second-order valence-corrected chi connectivity index (χ2v) is 6.16. The van der Waals surface area contributed by atoms with Crippen molar-refractivity contribution in [3.63, 3.8) is 0 Å². The SMILES string of the molecule is CNCC(C)(C)CN1CCCC(C)(OC)C1. The summed E-state index contributed by atoms with van der Waals surface area (Å²) in [5.41, 5.74) is 0.398. The average Bonchev–Trinajstić information content (AvgIpc) is 2.17. The van der Waals surface area contributed by atoms with Gasteiger partial charge in [-0.1, -0.05) is 13.8 Å². The molecule has 1 unspecified atom stereocenters. The Kier molecular flexibility index (Phi) is 4.77. The zero-order valence-corrected chi connectivity index (χ0v) is 11.6. The van der Waals surface area contributed by atoms with Gasteiger partial charge in [-0.05, 0) is 38.8 Å². The van der Waals surface area contributed by atoms with Gasteiger partial charge in [0.1, 0.15) is 0 Å². The van der Waals surface area contributed by atoms with Crippen molar-refractivity contribution in [3.8, 4) is 0 Å². The van der Waals surface area contributed by atoms with Gasteiger partial charge >= 0.3 is 0 Å². The van der Waals surface area contributed by atoms with Gasteiger partial charge in [-0.25, -0.2) is 0 Å². The molecule has 1 fully saturated rings. The van der Waals surface area contributed by atoms with Crippen LogP contribution in [0.25, 0.3) is 0 Å². The van der Waals surface area contributed by atoms with Crippen molar-refractivity contribution in [1.29, 1.82) is 0 Å². The van der Waals surface area contributed by atoms with Gasteiger partial charge in [0.05, 0.1) is 5.60 Å². The highest BCUT2D eigenvalue weighted by molar-refractivity contribution is 4.87. The molecule has 96 valence electrons. The van der Waals surface area contributed by atoms with Crippen molar-refractivity contribution in [2.75, 3.05) is 40.3 Å². The predicted molar refractivity (Wildman–Crippen MR) is 68.8 cm³/mol. The Morgan fingerprint density at radius 3 is 2.69 bits per heavy atom. The lowest BCUT2D eigenvalue weighted by molar-refractivity contribution is -0.0572. The molecule has 0 radical (unpaired) electrons. The first kappa shape index (κ1) is 13.9. The quantitative estimate of drug-likeness (QED) is 0.775. The summed E-state index contributed by atoms with van der Waals surface area (Å²) in [5.74, 6) is 0. The molecule has 1 aliphatic heterocycles. The molecular weight excluding hydrogens is 200 g/mol. The molecule has 16 heavy (non-hydrogen) atoms. The molecule has 0 saturated carbocycles. The summed E-state index contributed by atoms with van der Waals surface area (Å²) in [6.45, 7) is 11.4. The van der Waals surface area contributed by atoms with E-state index in [1.54, 1.807) is 0 Å². The van der Waals surface area contributed by atoms with Crippen LogP contribution in [0.1, 0.15) is 33.6 Å². The Balaban J connectivity index is 2.48. The predicted octanol–water partition coefficient (Wildman–Crippen LogP) is 1.73. The maximum Gasteiger partial charge on any atom is 0.0777 e. The number of nitrogens with zero attached hydrogens (tertiary/aromatic N) is 1. The first-order valence-corrected chi connectivity index (χ1v) is 6.33. The molecule has 0 aromatic carbocycles. The summed E-state index contributed by atoms with van der Waals surface area (Å²) in [6, 6.07) is 0. The van der Waals surface area contributed by atoms with Crippen molar-refractivity contribution in [2.45, 2.75) is 39.2 Å². The summed E-state index contributed by atoms with van der Waals surface area (Å²) in [6.07, 6.45) is 2.44. The number of rotatable bonds is 5. The van der Waals surface area contributed by atoms with Crippen LogP contribution in [0.2, 0.25) is 0 Å². The minimum absolute atomic E-state index is 0.0635. The molecule has 1 heterocycles. The highest BCUT2D eigenvalue weighted by Crippen LogP contribution is 2.26. The van der Waals surface area contributed by atoms with Crippen LogP contribution in [-0.2, 0) is 4.74 Å². The van der Waals surface area contributed by atoms with Crippen LogP contribution in [0.15, 0.2) is 0 Å². The number of likely N-dealkylation sites (tertiary alicyclic amines) is 1. The second-order valence-electron chi connectivity index (χ2n) is 6.16. The van der Waals surface area contributed by atoms with Gasteiger partial charge in [-0.15, -0.1) is 0 Å². The molecule has 1 atom stereocenters. The van der Waals surface area contributed by atoms with Gasteiger partial charge in [-0.2, -0.15) is 0 Å².